The van der Waals surface area contributed by atoms with E-state index in [0.29, 0.717) is 31.0 Å². The third-order valence-electron chi connectivity index (χ3n) is 5.48. The summed E-state index contributed by atoms with van der Waals surface area (Å²) in [5.41, 5.74) is 7.53. The third kappa shape index (κ3) is 3.80. The number of hydrogen-bond donors (Lipinski definition) is 1. The fourth-order valence-electron chi connectivity index (χ4n) is 3.78. The Morgan fingerprint density at radius 1 is 1.21 bits per heavy atom. The minimum absolute atomic E-state index is 0.296. The Morgan fingerprint density at radius 3 is 2.66 bits per heavy atom. The monoisotopic (exact) mass is 411 g/mol. The predicted molar refractivity (Wildman–Crippen MR) is 110 cm³/mol. The molecule has 1 aliphatic heterocycles. The highest BCUT2D eigenvalue weighted by molar-refractivity contribution is 7.99. The Hall–Kier alpha value is -2.64. The van der Waals surface area contributed by atoms with Crippen molar-refractivity contribution in [1.82, 2.24) is 9.78 Å². The van der Waals surface area contributed by atoms with Crippen molar-refractivity contribution in [2.75, 3.05) is 13.2 Å². The van der Waals surface area contributed by atoms with E-state index in [-0.39, 0.29) is 11.7 Å². The summed E-state index contributed by atoms with van der Waals surface area (Å²) < 4.78 is 21.9. The van der Waals surface area contributed by atoms with Crippen LogP contribution in [0.25, 0.3) is 11.3 Å². The fourth-order valence-corrected chi connectivity index (χ4v) is 4.66. The highest BCUT2D eigenvalue weighted by Crippen LogP contribution is 2.38. The van der Waals surface area contributed by atoms with Gasteiger partial charge in [-0.3, -0.25) is 9.48 Å². The molecule has 0 bridgehead atoms. The molecule has 150 valence electrons. The summed E-state index contributed by atoms with van der Waals surface area (Å²) in [5.74, 6) is -0.635. The van der Waals surface area contributed by atoms with E-state index < -0.39 is 5.41 Å². The van der Waals surface area contributed by atoms with E-state index in [9.17, 15) is 9.18 Å². The molecule has 0 spiro atoms. The predicted octanol–water partition coefficient (Wildman–Crippen LogP) is 3.91. The molecule has 5 nitrogen and oxygen atoms in total. The van der Waals surface area contributed by atoms with Crippen molar-refractivity contribution in [2.24, 2.45) is 12.8 Å². The number of rotatable bonds is 5. The minimum atomic E-state index is -0.725. The van der Waals surface area contributed by atoms with Gasteiger partial charge in [0, 0.05) is 41.8 Å². The number of carbonyl (C=O) groups excluding carboxylic acids is 1. The van der Waals surface area contributed by atoms with Crippen LogP contribution in [0.15, 0.2) is 64.5 Å². The largest absolute Gasteiger partial charge is 0.381 e. The molecule has 0 radical (unpaired) electrons. The summed E-state index contributed by atoms with van der Waals surface area (Å²) in [4.78, 5) is 13.7. The van der Waals surface area contributed by atoms with Gasteiger partial charge < -0.3 is 10.5 Å². The lowest BCUT2D eigenvalue weighted by molar-refractivity contribution is -0.127. The maximum atomic E-state index is 14.8. The smallest absolute Gasteiger partial charge is 0.228 e. The van der Waals surface area contributed by atoms with Crippen molar-refractivity contribution in [3.05, 3.63) is 66.1 Å². The molecule has 0 saturated carbocycles. The number of benzene rings is 2. The lowest BCUT2D eigenvalue weighted by Crippen LogP contribution is -2.45. The topological polar surface area (TPSA) is 70.1 Å². The molecule has 2 N–H and O–H groups in total. The molecule has 3 aromatic rings. The second kappa shape index (κ2) is 8.00. The number of primary amides is 1. The summed E-state index contributed by atoms with van der Waals surface area (Å²) in [7, 11) is 1.83. The second-order valence-electron chi connectivity index (χ2n) is 7.17. The Kier molecular flexibility index (Phi) is 5.43. The first-order chi connectivity index (χ1) is 14.0. The van der Waals surface area contributed by atoms with E-state index in [2.05, 4.69) is 5.10 Å². The molecule has 2 aromatic carbocycles. The molecule has 0 atom stereocenters. The van der Waals surface area contributed by atoms with E-state index >= 15 is 0 Å². The number of nitrogens with zero attached hydrogens (tertiary/aromatic N) is 2. The molecule has 7 heteroatoms. The molecular formula is C22H22FN3O2S. The van der Waals surface area contributed by atoms with Gasteiger partial charge in [0.25, 0.3) is 0 Å². The number of aromatic nitrogens is 2. The first-order valence-corrected chi connectivity index (χ1v) is 10.3. The van der Waals surface area contributed by atoms with Crippen molar-refractivity contribution < 1.29 is 13.9 Å². The number of carbonyl (C=O) groups is 1. The van der Waals surface area contributed by atoms with Crippen LogP contribution in [-0.2, 0) is 22.0 Å². The van der Waals surface area contributed by atoms with E-state index in [1.54, 1.807) is 16.9 Å². The van der Waals surface area contributed by atoms with Crippen molar-refractivity contribution in [3.63, 3.8) is 0 Å². The van der Waals surface area contributed by atoms with Crippen molar-refractivity contribution in [1.29, 1.82) is 0 Å². The van der Waals surface area contributed by atoms with Gasteiger partial charge in [-0.05, 0) is 48.7 Å². The van der Waals surface area contributed by atoms with Crippen LogP contribution < -0.4 is 5.73 Å². The zero-order valence-electron chi connectivity index (χ0n) is 16.1. The Balaban J connectivity index is 1.61. The minimum Gasteiger partial charge on any atom is -0.381 e. The van der Waals surface area contributed by atoms with Crippen LogP contribution in [-0.4, -0.2) is 28.9 Å². The Labute approximate surface area is 173 Å². The van der Waals surface area contributed by atoms with E-state index in [0.717, 1.165) is 21.7 Å². The molecule has 0 aliphatic carbocycles. The highest BCUT2D eigenvalue weighted by atomic mass is 32.2. The first kappa shape index (κ1) is 19.7. The number of halogens is 1. The van der Waals surface area contributed by atoms with Gasteiger partial charge >= 0.3 is 0 Å². The molecule has 1 amide bonds. The zero-order valence-corrected chi connectivity index (χ0v) is 16.9. The summed E-state index contributed by atoms with van der Waals surface area (Å²) in [6.45, 7) is 1.01. The summed E-state index contributed by atoms with van der Waals surface area (Å²) >= 11 is 1.33. The van der Waals surface area contributed by atoms with Crippen LogP contribution in [0.5, 0.6) is 0 Å². The SMILES string of the molecule is Cn1nccc1-c1ccc(Sc2cccc(C3(C(N)=O)CCOCC3)c2)c(F)c1. The highest BCUT2D eigenvalue weighted by Gasteiger charge is 2.40. The van der Waals surface area contributed by atoms with Gasteiger partial charge in [-0.1, -0.05) is 30.0 Å². The number of nitrogens with two attached hydrogens (primary N) is 1. The summed E-state index contributed by atoms with van der Waals surface area (Å²) in [6.07, 6.45) is 2.81. The van der Waals surface area contributed by atoms with E-state index in [1.165, 1.54) is 17.8 Å². The van der Waals surface area contributed by atoms with Crippen LogP contribution in [0.3, 0.4) is 0 Å². The van der Waals surface area contributed by atoms with E-state index in [4.69, 9.17) is 10.5 Å². The van der Waals surface area contributed by atoms with Crippen molar-refractivity contribution in [2.45, 2.75) is 28.0 Å². The number of ether oxygens (including phenoxy) is 1. The van der Waals surface area contributed by atoms with Crippen LogP contribution in [0.4, 0.5) is 4.39 Å². The number of amides is 1. The quantitative estimate of drug-likeness (QED) is 0.691. The maximum Gasteiger partial charge on any atom is 0.228 e. The third-order valence-corrected chi connectivity index (χ3v) is 6.52. The van der Waals surface area contributed by atoms with Gasteiger partial charge in [0.05, 0.1) is 11.1 Å². The zero-order chi connectivity index (χ0) is 20.4. The lowest BCUT2D eigenvalue weighted by Gasteiger charge is -2.34. The molecule has 1 fully saturated rings. The van der Waals surface area contributed by atoms with Gasteiger partial charge in [-0.25, -0.2) is 4.39 Å². The fraction of sp³-hybridized carbons (Fsp3) is 0.273. The molecule has 4 rings (SSSR count). The molecule has 1 aromatic heterocycles. The van der Waals surface area contributed by atoms with Crippen molar-refractivity contribution in [3.8, 4) is 11.3 Å². The Morgan fingerprint density at radius 2 is 2.00 bits per heavy atom. The standard InChI is InChI=1S/C22H22FN3O2S/c1-26-19(7-10-25-26)15-5-6-20(18(23)13-15)29-17-4-2-3-16(14-17)22(21(24)27)8-11-28-12-9-22/h2-7,10,13-14H,8-9,11-12H2,1H3,(H2,24,27). The lowest BCUT2D eigenvalue weighted by atomic mass is 9.73. The van der Waals surface area contributed by atoms with Gasteiger partial charge in [0.1, 0.15) is 5.82 Å². The molecule has 2 heterocycles. The van der Waals surface area contributed by atoms with Gasteiger partial charge in [-0.2, -0.15) is 5.10 Å². The summed E-state index contributed by atoms with van der Waals surface area (Å²) in [5, 5.41) is 4.13. The Bertz CT molecular complexity index is 1040. The van der Waals surface area contributed by atoms with Crippen LogP contribution in [0, 0.1) is 5.82 Å². The van der Waals surface area contributed by atoms with E-state index in [1.807, 2.05) is 43.4 Å². The molecule has 1 saturated heterocycles. The number of aryl methyl sites for hydroxylation is 1. The van der Waals surface area contributed by atoms with Gasteiger partial charge in [0.15, 0.2) is 0 Å². The van der Waals surface area contributed by atoms with Crippen LogP contribution >= 0.6 is 11.8 Å². The normalized spacial score (nSPS) is 15.9. The van der Waals surface area contributed by atoms with Crippen molar-refractivity contribution >= 4 is 17.7 Å². The average molecular weight is 412 g/mol. The summed E-state index contributed by atoms with van der Waals surface area (Å²) in [6, 6.07) is 14.7. The maximum absolute atomic E-state index is 14.8. The molecule has 0 unspecified atom stereocenters. The number of hydrogen-bond acceptors (Lipinski definition) is 4. The molecule has 29 heavy (non-hydrogen) atoms. The van der Waals surface area contributed by atoms with Gasteiger partial charge in [0.2, 0.25) is 5.91 Å². The molecular weight excluding hydrogens is 389 g/mol. The van der Waals surface area contributed by atoms with Crippen LogP contribution in [0.1, 0.15) is 18.4 Å². The van der Waals surface area contributed by atoms with Crippen LogP contribution in [0.2, 0.25) is 0 Å². The first-order valence-electron chi connectivity index (χ1n) is 9.43. The molecule has 1 aliphatic rings. The van der Waals surface area contributed by atoms with Gasteiger partial charge in [-0.15, -0.1) is 0 Å². The average Bonchev–Trinajstić information content (AvgIpc) is 3.16. The second-order valence-corrected chi connectivity index (χ2v) is 8.29.